The molecule has 3 heteroatoms. The van der Waals surface area contributed by atoms with Crippen molar-refractivity contribution in [2.75, 3.05) is 7.11 Å². The molecule has 0 aliphatic heterocycles. The molecule has 0 aliphatic carbocycles. The van der Waals surface area contributed by atoms with Crippen LogP contribution in [0.5, 0.6) is 5.75 Å². The van der Waals surface area contributed by atoms with E-state index in [9.17, 15) is 4.39 Å². The number of methoxy groups -OCH3 is 1. The minimum Gasteiger partial charge on any atom is -0.497 e. The number of halogens is 1. The number of hydrogen-bond donors (Lipinski definition) is 1. The van der Waals surface area contributed by atoms with Gasteiger partial charge in [0.05, 0.1) is 7.11 Å². The number of ether oxygens (including phenoxy) is 1. The lowest BCUT2D eigenvalue weighted by atomic mass is 10.1. The maximum absolute atomic E-state index is 12.9. The molecular formula is C10H12FNO. The van der Waals surface area contributed by atoms with Gasteiger partial charge in [0.15, 0.2) is 0 Å². The fraction of sp³-hybridized carbons (Fsp3) is 0.200. The van der Waals surface area contributed by atoms with E-state index in [1.165, 1.54) is 19.2 Å². The van der Waals surface area contributed by atoms with Crippen LogP contribution in [-0.4, -0.2) is 7.11 Å². The molecule has 1 aromatic rings. The van der Waals surface area contributed by atoms with E-state index in [4.69, 9.17) is 10.5 Å². The fourth-order valence-electron chi connectivity index (χ4n) is 1.03. The second-order valence-corrected chi connectivity index (χ2v) is 2.69. The molecule has 2 N–H and O–H groups in total. The third-order valence-electron chi connectivity index (χ3n) is 1.77. The first-order chi connectivity index (χ1) is 6.17. The smallest absolute Gasteiger partial charge is 0.127 e. The Morgan fingerprint density at radius 3 is 2.77 bits per heavy atom. The Morgan fingerprint density at radius 1 is 1.54 bits per heavy atom. The Hall–Kier alpha value is -1.35. The Morgan fingerprint density at radius 2 is 2.23 bits per heavy atom. The molecule has 0 heterocycles. The molecular weight excluding hydrogens is 169 g/mol. The molecule has 2 nitrogen and oxygen atoms in total. The van der Waals surface area contributed by atoms with Gasteiger partial charge in [0.2, 0.25) is 0 Å². The second kappa shape index (κ2) is 4.05. The molecule has 0 bridgehead atoms. The van der Waals surface area contributed by atoms with Crippen molar-refractivity contribution >= 4 is 0 Å². The lowest BCUT2D eigenvalue weighted by molar-refractivity contribution is 0.410. The molecule has 1 aromatic carbocycles. The summed E-state index contributed by atoms with van der Waals surface area (Å²) >= 11 is 0. The van der Waals surface area contributed by atoms with Crippen LogP contribution in [0.1, 0.15) is 11.6 Å². The van der Waals surface area contributed by atoms with Crippen molar-refractivity contribution in [2.45, 2.75) is 6.04 Å². The summed E-state index contributed by atoms with van der Waals surface area (Å²) in [6, 6.07) is 4.01. The summed E-state index contributed by atoms with van der Waals surface area (Å²) in [5.41, 5.74) is 6.31. The van der Waals surface area contributed by atoms with Crippen LogP contribution in [0.4, 0.5) is 4.39 Å². The zero-order valence-electron chi connectivity index (χ0n) is 7.46. The van der Waals surface area contributed by atoms with Gasteiger partial charge in [0.1, 0.15) is 11.6 Å². The lowest BCUT2D eigenvalue weighted by Gasteiger charge is -2.08. The summed E-state index contributed by atoms with van der Waals surface area (Å²) in [5, 5.41) is 0. The highest BCUT2D eigenvalue weighted by Gasteiger charge is 2.05. The van der Waals surface area contributed by atoms with Crippen LogP contribution in [0.25, 0.3) is 0 Å². The molecule has 0 radical (unpaired) electrons. The molecule has 0 saturated heterocycles. The summed E-state index contributed by atoms with van der Waals surface area (Å²) < 4.78 is 17.8. The fourth-order valence-corrected chi connectivity index (χ4v) is 1.03. The summed E-state index contributed by atoms with van der Waals surface area (Å²) in [7, 11) is 1.48. The second-order valence-electron chi connectivity index (χ2n) is 2.69. The average Bonchev–Trinajstić information content (AvgIpc) is 2.15. The predicted molar refractivity (Wildman–Crippen MR) is 50.1 cm³/mol. The van der Waals surface area contributed by atoms with Gasteiger partial charge >= 0.3 is 0 Å². The van der Waals surface area contributed by atoms with Crippen molar-refractivity contribution in [3.8, 4) is 5.75 Å². The van der Waals surface area contributed by atoms with E-state index in [0.29, 0.717) is 11.3 Å². The predicted octanol–water partition coefficient (Wildman–Crippen LogP) is 2.02. The minimum atomic E-state index is -0.357. The van der Waals surface area contributed by atoms with Crippen molar-refractivity contribution < 1.29 is 9.13 Å². The molecule has 1 atom stereocenters. The van der Waals surface area contributed by atoms with Gasteiger partial charge in [0.25, 0.3) is 0 Å². The zero-order valence-corrected chi connectivity index (χ0v) is 7.46. The first kappa shape index (κ1) is 9.74. The van der Waals surface area contributed by atoms with Crippen LogP contribution in [0.2, 0.25) is 0 Å². The molecule has 70 valence electrons. The number of rotatable bonds is 3. The van der Waals surface area contributed by atoms with Gasteiger partial charge in [-0.3, -0.25) is 0 Å². The van der Waals surface area contributed by atoms with E-state index < -0.39 is 0 Å². The van der Waals surface area contributed by atoms with E-state index in [0.717, 1.165) is 0 Å². The van der Waals surface area contributed by atoms with Gasteiger partial charge in [-0.1, -0.05) is 6.08 Å². The molecule has 0 amide bonds. The highest BCUT2D eigenvalue weighted by Crippen LogP contribution is 2.20. The van der Waals surface area contributed by atoms with Crippen LogP contribution in [-0.2, 0) is 0 Å². The van der Waals surface area contributed by atoms with Gasteiger partial charge in [-0.25, -0.2) is 4.39 Å². The highest BCUT2D eigenvalue weighted by molar-refractivity contribution is 5.32. The quantitative estimate of drug-likeness (QED) is 0.724. The molecule has 0 fully saturated rings. The average molecular weight is 181 g/mol. The maximum Gasteiger partial charge on any atom is 0.127 e. The summed E-state index contributed by atoms with van der Waals surface area (Å²) in [5.74, 6) is 0.110. The Labute approximate surface area is 76.8 Å². The van der Waals surface area contributed by atoms with Crippen LogP contribution >= 0.6 is 0 Å². The number of hydrogen-bond acceptors (Lipinski definition) is 2. The number of nitrogens with two attached hydrogens (primary N) is 1. The molecule has 1 rings (SSSR count). The molecule has 0 aliphatic rings. The molecule has 0 aromatic heterocycles. The summed E-state index contributed by atoms with van der Waals surface area (Å²) in [4.78, 5) is 0. The van der Waals surface area contributed by atoms with E-state index in [-0.39, 0.29) is 11.9 Å². The van der Waals surface area contributed by atoms with Crippen LogP contribution < -0.4 is 10.5 Å². The molecule has 13 heavy (non-hydrogen) atoms. The highest BCUT2D eigenvalue weighted by atomic mass is 19.1. The topological polar surface area (TPSA) is 35.2 Å². The molecule has 0 unspecified atom stereocenters. The van der Waals surface area contributed by atoms with Crippen LogP contribution in [0.3, 0.4) is 0 Å². The number of benzene rings is 1. The Kier molecular flexibility index (Phi) is 3.03. The van der Waals surface area contributed by atoms with Gasteiger partial charge in [-0.05, 0) is 17.7 Å². The Balaban J connectivity index is 3.07. The maximum atomic E-state index is 12.9. The van der Waals surface area contributed by atoms with E-state index in [2.05, 4.69) is 6.58 Å². The zero-order chi connectivity index (χ0) is 9.84. The monoisotopic (exact) mass is 181 g/mol. The van der Waals surface area contributed by atoms with Crippen LogP contribution in [0.15, 0.2) is 30.9 Å². The van der Waals surface area contributed by atoms with Gasteiger partial charge < -0.3 is 10.5 Å². The van der Waals surface area contributed by atoms with Crippen molar-refractivity contribution in [3.05, 3.63) is 42.2 Å². The first-order valence-corrected chi connectivity index (χ1v) is 3.90. The standard InChI is InChI=1S/C10H12FNO/c1-3-10(12)7-4-8(11)6-9(5-7)13-2/h3-6,10H,1,12H2,2H3/t10-/m0/s1. The molecule has 0 spiro atoms. The van der Waals surface area contributed by atoms with E-state index in [1.807, 2.05) is 0 Å². The third kappa shape index (κ3) is 2.29. The van der Waals surface area contributed by atoms with Crippen molar-refractivity contribution in [1.82, 2.24) is 0 Å². The van der Waals surface area contributed by atoms with Crippen molar-refractivity contribution in [1.29, 1.82) is 0 Å². The summed E-state index contributed by atoms with van der Waals surface area (Å²) in [6.07, 6.45) is 1.55. The van der Waals surface area contributed by atoms with Gasteiger partial charge in [-0.15, -0.1) is 6.58 Å². The van der Waals surface area contributed by atoms with Crippen molar-refractivity contribution in [2.24, 2.45) is 5.73 Å². The van der Waals surface area contributed by atoms with Crippen LogP contribution in [0, 0.1) is 5.82 Å². The van der Waals surface area contributed by atoms with Gasteiger partial charge in [0, 0.05) is 12.1 Å². The third-order valence-corrected chi connectivity index (χ3v) is 1.77. The molecule has 0 saturated carbocycles. The largest absolute Gasteiger partial charge is 0.497 e. The van der Waals surface area contributed by atoms with E-state index in [1.54, 1.807) is 12.1 Å². The SMILES string of the molecule is C=C[C@H](N)c1cc(F)cc(OC)c1. The van der Waals surface area contributed by atoms with Crippen molar-refractivity contribution in [3.63, 3.8) is 0 Å². The Bertz CT molecular complexity index is 312. The van der Waals surface area contributed by atoms with Gasteiger partial charge in [-0.2, -0.15) is 0 Å². The van der Waals surface area contributed by atoms with E-state index >= 15 is 0 Å². The lowest BCUT2D eigenvalue weighted by Crippen LogP contribution is -2.06. The summed E-state index contributed by atoms with van der Waals surface area (Å²) in [6.45, 7) is 3.53. The first-order valence-electron chi connectivity index (χ1n) is 3.90. The minimum absolute atomic E-state index is 0.355. The normalized spacial score (nSPS) is 12.2.